The van der Waals surface area contributed by atoms with Gasteiger partial charge in [0.25, 0.3) is 0 Å². The maximum Gasteiger partial charge on any atom is 0.134 e. The summed E-state index contributed by atoms with van der Waals surface area (Å²) in [5.41, 5.74) is 1.08. The van der Waals surface area contributed by atoms with Crippen LogP contribution in [0, 0.1) is 6.92 Å². The third kappa shape index (κ3) is 3.48. The molecule has 0 aliphatic heterocycles. The van der Waals surface area contributed by atoms with Crippen LogP contribution < -0.4 is 10.6 Å². The molecule has 2 rings (SSSR count). The molecule has 2 aromatic heterocycles. The minimum atomic E-state index is 0.322. The predicted octanol–water partition coefficient (Wildman–Crippen LogP) is 4.23. The van der Waals surface area contributed by atoms with Gasteiger partial charge in [-0.05, 0) is 31.7 Å². The molecule has 0 amide bonds. The highest BCUT2D eigenvalue weighted by Gasteiger charge is 2.14. The van der Waals surface area contributed by atoms with E-state index in [9.17, 15) is 0 Å². The van der Waals surface area contributed by atoms with Gasteiger partial charge in [0.15, 0.2) is 0 Å². The number of anilines is 2. The lowest BCUT2D eigenvalue weighted by molar-refractivity contribution is 0.683. The molecule has 1 unspecified atom stereocenters. The Labute approximate surface area is 124 Å². The Hall–Kier alpha value is -1.62. The first-order valence-corrected chi connectivity index (χ1v) is 7.99. The topological polar surface area (TPSA) is 49.8 Å². The monoisotopic (exact) mass is 290 g/mol. The van der Waals surface area contributed by atoms with Crippen LogP contribution in [-0.2, 0) is 0 Å². The molecule has 0 aliphatic rings. The third-order valence-electron chi connectivity index (χ3n) is 3.20. The van der Waals surface area contributed by atoms with E-state index in [4.69, 9.17) is 0 Å². The van der Waals surface area contributed by atoms with E-state index < -0.39 is 0 Å². The molecule has 0 aliphatic carbocycles. The fourth-order valence-corrected chi connectivity index (χ4v) is 2.98. The first-order valence-electron chi connectivity index (χ1n) is 7.11. The molecule has 0 saturated heterocycles. The van der Waals surface area contributed by atoms with Gasteiger partial charge in [-0.25, -0.2) is 9.97 Å². The van der Waals surface area contributed by atoms with E-state index in [2.05, 4.69) is 58.9 Å². The van der Waals surface area contributed by atoms with E-state index in [0.717, 1.165) is 36.6 Å². The normalized spacial score (nSPS) is 12.2. The number of hydrogen-bond donors (Lipinski definition) is 2. The number of rotatable bonds is 7. The first kappa shape index (κ1) is 14.8. The van der Waals surface area contributed by atoms with Crippen molar-refractivity contribution < 1.29 is 0 Å². The van der Waals surface area contributed by atoms with Crippen molar-refractivity contribution in [3.63, 3.8) is 0 Å². The lowest BCUT2D eigenvalue weighted by Crippen LogP contribution is -2.13. The van der Waals surface area contributed by atoms with Crippen LogP contribution in [0.4, 0.5) is 11.6 Å². The highest BCUT2D eigenvalue weighted by Crippen LogP contribution is 2.29. The van der Waals surface area contributed by atoms with E-state index in [0.29, 0.717) is 6.04 Å². The molecule has 0 radical (unpaired) electrons. The van der Waals surface area contributed by atoms with Crippen molar-refractivity contribution in [1.82, 2.24) is 9.97 Å². The molecule has 4 nitrogen and oxygen atoms in total. The van der Waals surface area contributed by atoms with Crippen molar-refractivity contribution in [2.24, 2.45) is 0 Å². The zero-order chi connectivity index (χ0) is 14.4. The van der Waals surface area contributed by atoms with E-state index in [1.165, 1.54) is 4.88 Å². The fraction of sp³-hybridized carbons (Fsp3) is 0.467. The highest BCUT2D eigenvalue weighted by atomic mass is 32.1. The van der Waals surface area contributed by atoms with Gasteiger partial charge in [0.05, 0.1) is 6.04 Å². The molecule has 2 N–H and O–H groups in total. The van der Waals surface area contributed by atoms with Crippen LogP contribution in [0.15, 0.2) is 23.8 Å². The number of thiophene rings is 1. The van der Waals surface area contributed by atoms with Crippen LogP contribution >= 0.6 is 11.3 Å². The molecular weight excluding hydrogens is 268 g/mol. The molecule has 20 heavy (non-hydrogen) atoms. The first-order chi connectivity index (χ1) is 9.76. The number of nitrogens with one attached hydrogen (secondary N) is 2. The van der Waals surface area contributed by atoms with Crippen LogP contribution in [0.1, 0.15) is 43.2 Å². The minimum Gasteiger partial charge on any atom is -0.370 e. The van der Waals surface area contributed by atoms with Gasteiger partial charge in [0, 0.05) is 17.0 Å². The smallest absolute Gasteiger partial charge is 0.134 e. The van der Waals surface area contributed by atoms with Gasteiger partial charge in [-0.3, -0.25) is 0 Å². The Morgan fingerprint density at radius 1 is 1.25 bits per heavy atom. The number of nitrogens with zero attached hydrogens (tertiary/aromatic N) is 2. The Balaban J connectivity index is 2.20. The maximum absolute atomic E-state index is 4.40. The summed E-state index contributed by atoms with van der Waals surface area (Å²) >= 11 is 1.79. The Bertz CT molecular complexity index is 525. The zero-order valence-corrected chi connectivity index (χ0v) is 13.1. The molecule has 0 spiro atoms. The van der Waals surface area contributed by atoms with Gasteiger partial charge in [0.1, 0.15) is 18.0 Å². The predicted molar refractivity (Wildman–Crippen MR) is 86.5 cm³/mol. The number of aromatic nitrogens is 2. The van der Waals surface area contributed by atoms with Crippen molar-refractivity contribution in [2.75, 3.05) is 17.2 Å². The van der Waals surface area contributed by atoms with Gasteiger partial charge in [-0.2, -0.15) is 0 Å². The van der Waals surface area contributed by atoms with Gasteiger partial charge in [0.2, 0.25) is 0 Å². The summed E-state index contributed by atoms with van der Waals surface area (Å²) in [5, 5.41) is 8.96. The summed E-state index contributed by atoms with van der Waals surface area (Å²) in [6.45, 7) is 7.19. The highest BCUT2D eigenvalue weighted by molar-refractivity contribution is 7.10. The van der Waals surface area contributed by atoms with E-state index in [-0.39, 0.29) is 0 Å². The van der Waals surface area contributed by atoms with Gasteiger partial charge >= 0.3 is 0 Å². The maximum atomic E-state index is 4.40. The van der Waals surface area contributed by atoms with Crippen LogP contribution in [0.5, 0.6) is 0 Å². The number of hydrogen-bond acceptors (Lipinski definition) is 5. The van der Waals surface area contributed by atoms with E-state index in [1.807, 2.05) is 0 Å². The van der Waals surface area contributed by atoms with Crippen molar-refractivity contribution in [2.45, 2.75) is 39.7 Å². The standard InChI is InChI=1S/C15H22N4S/c1-4-7-12(13-8-6-9-20-13)19-15-11(3)14(16-5-2)17-10-18-15/h6,8-10,12H,4-5,7H2,1-3H3,(H2,16,17,18,19). The average molecular weight is 290 g/mol. The largest absolute Gasteiger partial charge is 0.370 e. The SMILES string of the molecule is CCCC(Nc1ncnc(NCC)c1C)c1cccs1. The molecule has 0 fully saturated rings. The van der Waals surface area contributed by atoms with E-state index in [1.54, 1.807) is 17.7 Å². The zero-order valence-electron chi connectivity index (χ0n) is 12.3. The lowest BCUT2D eigenvalue weighted by Gasteiger charge is -2.19. The minimum absolute atomic E-state index is 0.322. The quantitative estimate of drug-likeness (QED) is 0.801. The fourth-order valence-electron chi connectivity index (χ4n) is 2.17. The van der Waals surface area contributed by atoms with Crippen LogP contribution in [0.2, 0.25) is 0 Å². The van der Waals surface area contributed by atoms with Crippen LogP contribution in [0.25, 0.3) is 0 Å². The molecule has 0 saturated carbocycles. The molecule has 5 heteroatoms. The molecule has 1 atom stereocenters. The third-order valence-corrected chi connectivity index (χ3v) is 4.19. The van der Waals surface area contributed by atoms with Crippen molar-refractivity contribution in [3.05, 3.63) is 34.3 Å². The Morgan fingerprint density at radius 3 is 2.70 bits per heavy atom. The van der Waals surface area contributed by atoms with Gasteiger partial charge in [-0.15, -0.1) is 11.3 Å². The molecule has 2 aromatic rings. The summed E-state index contributed by atoms with van der Waals surface area (Å²) in [6, 6.07) is 4.60. The second-order valence-corrected chi connectivity index (χ2v) is 5.71. The summed E-state index contributed by atoms with van der Waals surface area (Å²) in [7, 11) is 0. The molecule has 108 valence electrons. The second kappa shape index (κ2) is 7.24. The van der Waals surface area contributed by atoms with Crippen LogP contribution in [-0.4, -0.2) is 16.5 Å². The summed E-state index contributed by atoms with van der Waals surface area (Å²) < 4.78 is 0. The Kier molecular flexibility index (Phi) is 5.35. The van der Waals surface area contributed by atoms with Crippen molar-refractivity contribution >= 4 is 23.0 Å². The van der Waals surface area contributed by atoms with Gasteiger partial charge in [-0.1, -0.05) is 19.4 Å². The average Bonchev–Trinajstić information content (AvgIpc) is 2.97. The summed E-state index contributed by atoms with van der Waals surface area (Å²) in [4.78, 5) is 10.0. The van der Waals surface area contributed by atoms with Crippen molar-refractivity contribution in [1.29, 1.82) is 0 Å². The van der Waals surface area contributed by atoms with Gasteiger partial charge < -0.3 is 10.6 Å². The summed E-state index contributed by atoms with van der Waals surface area (Å²) in [6.07, 6.45) is 3.85. The van der Waals surface area contributed by atoms with Crippen molar-refractivity contribution in [3.8, 4) is 0 Å². The van der Waals surface area contributed by atoms with E-state index >= 15 is 0 Å². The second-order valence-electron chi connectivity index (χ2n) is 4.73. The Morgan fingerprint density at radius 2 is 2.05 bits per heavy atom. The lowest BCUT2D eigenvalue weighted by atomic mass is 10.1. The molecule has 2 heterocycles. The molecule has 0 bridgehead atoms. The summed E-state index contributed by atoms with van der Waals surface area (Å²) in [5.74, 6) is 1.83. The molecule has 0 aromatic carbocycles. The van der Waals surface area contributed by atoms with Crippen LogP contribution in [0.3, 0.4) is 0 Å². The molecular formula is C15H22N4S.